The van der Waals surface area contributed by atoms with Gasteiger partial charge in [0.25, 0.3) is 0 Å². The van der Waals surface area contributed by atoms with Crippen LogP contribution < -0.4 is 13.6 Å². The van der Waals surface area contributed by atoms with Gasteiger partial charge >= 0.3 is 374 Å². The Morgan fingerprint density at radius 2 is 0.900 bits per heavy atom. The van der Waals surface area contributed by atoms with E-state index >= 15 is 0 Å². The number of hydrogen-bond acceptors (Lipinski definition) is 0. The molecular formula is C58H63SiZr. The van der Waals surface area contributed by atoms with Gasteiger partial charge in [-0.25, -0.2) is 0 Å². The fraction of sp³-hybridized carbons (Fsp3) is 0.310. The van der Waals surface area contributed by atoms with Crippen LogP contribution in [0.4, 0.5) is 0 Å². The van der Waals surface area contributed by atoms with E-state index in [0.29, 0.717) is 30.9 Å². The van der Waals surface area contributed by atoms with E-state index in [0.717, 1.165) is 25.7 Å². The molecule has 0 saturated heterocycles. The molecule has 2 aliphatic carbocycles. The van der Waals surface area contributed by atoms with Crippen molar-refractivity contribution < 1.29 is 21.8 Å². The van der Waals surface area contributed by atoms with E-state index in [1.807, 2.05) is 0 Å². The molecular weight excluding hydrogens is 816 g/mol. The molecule has 6 aromatic carbocycles. The molecule has 4 unspecified atom stereocenters. The quantitative estimate of drug-likeness (QED) is 0.101. The number of allylic oxidation sites excluding steroid dienone is 2. The van der Waals surface area contributed by atoms with E-state index in [1.54, 1.807) is 41.5 Å². The average molecular weight is 879 g/mol. The molecule has 3 aliphatic rings. The van der Waals surface area contributed by atoms with Crippen LogP contribution in [0.15, 0.2) is 139 Å². The summed E-state index contributed by atoms with van der Waals surface area (Å²) in [5, 5.41) is 3.39. The van der Waals surface area contributed by atoms with E-state index in [1.165, 1.54) is 50.1 Å². The van der Waals surface area contributed by atoms with E-state index in [4.69, 9.17) is 0 Å². The van der Waals surface area contributed by atoms with Gasteiger partial charge < -0.3 is 0 Å². The minimum absolute atomic E-state index is 0.457. The van der Waals surface area contributed by atoms with Gasteiger partial charge in [0, 0.05) is 0 Å². The van der Waals surface area contributed by atoms with Crippen molar-refractivity contribution in [2.45, 2.75) is 88.3 Å². The van der Waals surface area contributed by atoms with Crippen LogP contribution in [0, 0.1) is 23.7 Å². The topological polar surface area (TPSA) is 0 Å². The molecule has 0 nitrogen and oxygen atoms in total. The van der Waals surface area contributed by atoms with Gasteiger partial charge in [0.15, 0.2) is 0 Å². The molecule has 0 aromatic heterocycles. The Morgan fingerprint density at radius 1 is 0.467 bits per heavy atom. The van der Waals surface area contributed by atoms with Crippen molar-refractivity contribution in [3.05, 3.63) is 172 Å². The molecule has 0 radical (unpaired) electrons. The molecule has 6 aromatic rings. The Hall–Kier alpha value is -4.10. The number of rotatable bonds is 13. The first kappa shape index (κ1) is 41.3. The maximum absolute atomic E-state index is 2.95. The third-order valence-electron chi connectivity index (χ3n) is 14.2. The normalized spacial score (nSPS) is 17.6. The molecule has 1 heterocycles. The summed E-state index contributed by atoms with van der Waals surface area (Å²) in [7, 11) is -0.642. The van der Waals surface area contributed by atoms with Crippen molar-refractivity contribution in [1.29, 1.82) is 0 Å². The van der Waals surface area contributed by atoms with Gasteiger partial charge in [-0.2, -0.15) is 0 Å². The molecule has 9 rings (SSSR count). The molecule has 60 heavy (non-hydrogen) atoms. The fourth-order valence-electron chi connectivity index (χ4n) is 11.0. The zero-order valence-corrected chi connectivity index (χ0v) is 41.2. The molecule has 0 amide bonds. The summed E-state index contributed by atoms with van der Waals surface area (Å²) in [4.78, 5) is 0. The van der Waals surface area contributed by atoms with Gasteiger partial charge in [0.05, 0.1) is 0 Å². The Morgan fingerprint density at radius 3 is 1.40 bits per heavy atom. The summed E-state index contributed by atoms with van der Waals surface area (Å²) in [6, 6.07) is 50.4. The summed E-state index contributed by atoms with van der Waals surface area (Å²) in [5.41, 5.74) is 21.4. The van der Waals surface area contributed by atoms with Crippen molar-refractivity contribution in [2.75, 3.05) is 0 Å². The van der Waals surface area contributed by atoms with Crippen molar-refractivity contribution in [3.8, 4) is 33.4 Å². The second-order valence-electron chi connectivity index (χ2n) is 19.0. The van der Waals surface area contributed by atoms with E-state index in [9.17, 15) is 0 Å². The molecule has 303 valence electrons. The monoisotopic (exact) mass is 877 g/mol. The molecule has 0 spiro atoms. The van der Waals surface area contributed by atoms with Crippen LogP contribution >= 0.6 is 0 Å². The summed E-state index contributed by atoms with van der Waals surface area (Å²) in [5.74, 6) is 2.22. The Kier molecular flexibility index (Phi) is 11.9. The van der Waals surface area contributed by atoms with Crippen LogP contribution in [-0.2, 0) is 34.6 Å². The van der Waals surface area contributed by atoms with Gasteiger partial charge in [-0.3, -0.25) is 0 Å². The van der Waals surface area contributed by atoms with Crippen molar-refractivity contribution in [1.82, 2.24) is 0 Å². The van der Waals surface area contributed by atoms with Crippen LogP contribution in [0.25, 0.3) is 45.5 Å². The van der Waals surface area contributed by atoms with Gasteiger partial charge in [-0.1, -0.05) is 0 Å². The molecule has 0 fully saturated rings. The van der Waals surface area contributed by atoms with Crippen LogP contribution in [0.2, 0.25) is 0 Å². The summed E-state index contributed by atoms with van der Waals surface area (Å²) < 4.78 is 2.71. The van der Waals surface area contributed by atoms with Crippen molar-refractivity contribution >= 4 is 35.3 Å². The summed E-state index contributed by atoms with van der Waals surface area (Å²) >= 11 is -2.95. The van der Waals surface area contributed by atoms with E-state index in [-0.39, 0.29) is 0 Å². The van der Waals surface area contributed by atoms with Gasteiger partial charge in [-0.15, -0.1) is 0 Å². The first-order valence-electron chi connectivity index (χ1n) is 23.1. The van der Waals surface area contributed by atoms with Crippen LogP contribution in [0.5, 0.6) is 0 Å². The SMILES string of the molecule is CCC(C)C1=Cc2c(-c3ccccc3CC(C)C)cccc2[CH]1[Zr]([c]1cccc2c1[SiH2]c1ccccc1-2)[CH]1C(C(C)CC)=Cc2c(-c3ccccc3CC(C)C)cccc21. The number of hydrogen-bond donors (Lipinski definition) is 0. The van der Waals surface area contributed by atoms with Gasteiger partial charge in [0.1, 0.15) is 0 Å². The predicted octanol–water partition coefficient (Wildman–Crippen LogP) is 13.1. The molecule has 4 atom stereocenters. The standard InChI is InChI=1S/2C23H27.C12H9Si.Zr/c2*1-5-17(4)20-14-19-10-8-12-22(23(19)15-20)21-11-7-6-9-18(21)13-16(2)3;1-3-7-11-9(5-1)10-6-2-4-8-12(10)13-11;/h2*6-12,14-17H,5,13H2,1-4H3;1-7H,13H2;. The van der Waals surface area contributed by atoms with Crippen LogP contribution in [0.3, 0.4) is 0 Å². The van der Waals surface area contributed by atoms with Crippen molar-refractivity contribution in [2.24, 2.45) is 23.7 Å². The first-order chi connectivity index (χ1) is 29.2. The third kappa shape index (κ3) is 7.39. The third-order valence-corrected chi connectivity index (χ3v) is 26.1. The predicted molar refractivity (Wildman–Crippen MR) is 261 cm³/mol. The van der Waals surface area contributed by atoms with Gasteiger partial charge in [-0.05, 0) is 0 Å². The van der Waals surface area contributed by atoms with Crippen LogP contribution in [0.1, 0.15) is 109 Å². The second-order valence-corrected chi connectivity index (χ2v) is 27.2. The van der Waals surface area contributed by atoms with Gasteiger partial charge in [0.2, 0.25) is 0 Å². The molecule has 2 heteroatoms. The molecule has 0 N–H and O–H groups in total. The summed E-state index contributed by atoms with van der Waals surface area (Å²) in [6.45, 7) is 19.4. The Labute approximate surface area is 371 Å². The molecule has 0 saturated carbocycles. The zero-order chi connectivity index (χ0) is 41.7. The molecule has 1 aliphatic heterocycles. The number of fused-ring (bicyclic) bond motifs is 5. The second kappa shape index (κ2) is 17.3. The van der Waals surface area contributed by atoms with E-state index in [2.05, 4.69) is 195 Å². The van der Waals surface area contributed by atoms with E-state index < -0.39 is 31.3 Å². The number of benzene rings is 6. The maximum atomic E-state index is 2.73. The summed E-state index contributed by atoms with van der Waals surface area (Å²) in [6.07, 6.45) is 9.96. The fourth-order valence-corrected chi connectivity index (χ4v) is 25.6. The first-order valence-corrected chi connectivity index (χ1v) is 28.6. The Balaban J connectivity index is 1.32. The molecule has 0 bridgehead atoms. The van der Waals surface area contributed by atoms with Crippen LogP contribution in [-0.4, -0.2) is 9.52 Å². The average Bonchev–Trinajstić information content (AvgIpc) is 3.96. The van der Waals surface area contributed by atoms with Crippen molar-refractivity contribution in [3.63, 3.8) is 0 Å². The Bertz CT molecular complexity index is 2490. The minimum atomic E-state index is -2.95. The zero-order valence-electron chi connectivity index (χ0n) is 37.3.